The molecular weight excluding hydrogens is 482 g/mol. The lowest BCUT2D eigenvalue weighted by atomic mass is 9.97. The zero-order chi connectivity index (χ0) is 23.8. The number of halogens is 3. The van der Waals surface area contributed by atoms with Gasteiger partial charge in [0.05, 0.1) is 12.2 Å². The molecule has 174 valence electrons. The number of ether oxygens (including phenoxy) is 2. The molecule has 1 amide bonds. The standard InChI is InChI=1S/C25H19Cl2FN2O4/c26-17-2-3-22(19(7-17)15-1-4-24(27)29-9-15)33-12-14-10-30(11-14)25(32)20-6-16-5-18(31)13-34-23(16)8-21(20)28/h1-4,6-9,14H,5,10-13H2. The van der Waals surface area contributed by atoms with Gasteiger partial charge < -0.3 is 14.4 Å². The van der Waals surface area contributed by atoms with Crippen LogP contribution in [0, 0.1) is 11.7 Å². The van der Waals surface area contributed by atoms with Crippen LogP contribution >= 0.6 is 23.2 Å². The number of rotatable bonds is 5. The fourth-order valence-electron chi connectivity index (χ4n) is 4.07. The minimum absolute atomic E-state index is 0.0494. The Balaban J connectivity index is 1.23. The molecule has 0 bridgehead atoms. The fraction of sp³-hybridized carbons (Fsp3) is 0.240. The number of carbonyl (C=O) groups is 2. The Labute approximate surface area is 205 Å². The number of nitrogens with zero attached hydrogens (tertiary/aromatic N) is 2. The van der Waals surface area contributed by atoms with E-state index >= 15 is 0 Å². The van der Waals surface area contributed by atoms with E-state index in [1.165, 1.54) is 12.1 Å². The molecule has 0 unspecified atom stereocenters. The summed E-state index contributed by atoms with van der Waals surface area (Å²) in [5.41, 5.74) is 2.09. The number of hydrogen-bond acceptors (Lipinski definition) is 5. The van der Waals surface area contributed by atoms with Gasteiger partial charge in [0, 0.05) is 59.4 Å². The van der Waals surface area contributed by atoms with Crippen molar-refractivity contribution in [3.63, 3.8) is 0 Å². The van der Waals surface area contributed by atoms with Crippen LogP contribution < -0.4 is 9.47 Å². The van der Waals surface area contributed by atoms with E-state index in [9.17, 15) is 14.0 Å². The first kappa shape index (κ1) is 22.6. The van der Waals surface area contributed by atoms with Crippen molar-refractivity contribution in [1.82, 2.24) is 9.88 Å². The summed E-state index contributed by atoms with van der Waals surface area (Å²) in [6.07, 6.45) is 1.79. The van der Waals surface area contributed by atoms with Gasteiger partial charge in [-0.2, -0.15) is 0 Å². The predicted octanol–water partition coefficient (Wildman–Crippen LogP) is 4.85. The average Bonchev–Trinajstić information content (AvgIpc) is 2.79. The van der Waals surface area contributed by atoms with E-state index < -0.39 is 11.7 Å². The topological polar surface area (TPSA) is 68.7 Å². The van der Waals surface area contributed by atoms with Gasteiger partial charge in [-0.05, 0) is 36.4 Å². The molecular formula is C25H19Cl2FN2O4. The Kier molecular flexibility index (Phi) is 6.15. The van der Waals surface area contributed by atoms with Crippen molar-refractivity contribution >= 4 is 34.9 Å². The number of fused-ring (bicyclic) bond motifs is 1. The summed E-state index contributed by atoms with van der Waals surface area (Å²) >= 11 is 12.1. The van der Waals surface area contributed by atoms with Crippen molar-refractivity contribution in [1.29, 1.82) is 0 Å². The number of Topliss-reactive ketones (excluding diaryl/α,β-unsaturated/α-hetero) is 1. The lowest BCUT2D eigenvalue weighted by Gasteiger charge is -2.39. The van der Waals surface area contributed by atoms with Gasteiger partial charge in [0.25, 0.3) is 5.91 Å². The molecule has 0 radical (unpaired) electrons. The summed E-state index contributed by atoms with van der Waals surface area (Å²) in [5, 5.41) is 0.957. The molecule has 3 heterocycles. The lowest BCUT2D eigenvalue weighted by Crippen LogP contribution is -2.52. The van der Waals surface area contributed by atoms with Crippen LogP contribution in [0.15, 0.2) is 48.7 Å². The van der Waals surface area contributed by atoms with E-state index in [0.29, 0.717) is 46.9 Å². The number of pyridine rings is 1. The number of likely N-dealkylation sites (tertiary alicyclic amines) is 1. The molecule has 6 nitrogen and oxygen atoms in total. The van der Waals surface area contributed by atoms with Crippen LogP contribution in [0.2, 0.25) is 10.2 Å². The third kappa shape index (κ3) is 4.58. The smallest absolute Gasteiger partial charge is 0.256 e. The minimum atomic E-state index is -0.653. The van der Waals surface area contributed by atoms with E-state index in [0.717, 1.165) is 11.1 Å². The van der Waals surface area contributed by atoms with E-state index in [2.05, 4.69) is 4.98 Å². The number of hydrogen-bond donors (Lipinski definition) is 0. The van der Waals surface area contributed by atoms with Crippen molar-refractivity contribution in [2.24, 2.45) is 5.92 Å². The maximum atomic E-state index is 14.5. The van der Waals surface area contributed by atoms with E-state index in [1.807, 2.05) is 6.07 Å². The highest BCUT2D eigenvalue weighted by Gasteiger charge is 2.34. The highest BCUT2D eigenvalue weighted by Crippen LogP contribution is 2.34. The number of aromatic nitrogens is 1. The first-order chi connectivity index (χ1) is 16.4. The van der Waals surface area contributed by atoms with Gasteiger partial charge in [0.15, 0.2) is 5.78 Å². The largest absolute Gasteiger partial charge is 0.493 e. The van der Waals surface area contributed by atoms with Crippen LogP contribution in [0.1, 0.15) is 15.9 Å². The molecule has 2 aliphatic heterocycles. The molecule has 5 rings (SSSR count). The molecule has 2 aromatic carbocycles. The number of carbonyl (C=O) groups excluding carboxylic acids is 2. The molecule has 1 fully saturated rings. The van der Waals surface area contributed by atoms with E-state index in [1.54, 1.807) is 35.4 Å². The zero-order valence-corrected chi connectivity index (χ0v) is 19.4. The third-order valence-electron chi connectivity index (χ3n) is 5.86. The van der Waals surface area contributed by atoms with Gasteiger partial charge in [0.2, 0.25) is 0 Å². The van der Waals surface area contributed by atoms with Crippen LogP contribution in [0.4, 0.5) is 4.39 Å². The highest BCUT2D eigenvalue weighted by molar-refractivity contribution is 6.31. The first-order valence-corrected chi connectivity index (χ1v) is 11.4. The summed E-state index contributed by atoms with van der Waals surface area (Å²) < 4.78 is 25.8. The molecule has 0 N–H and O–H groups in total. The SMILES string of the molecule is O=C1COc2cc(F)c(C(=O)N3CC(COc4ccc(Cl)cc4-c4ccc(Cl)nc4)C3)cc2C1. The number of amides is 1. The second kappa shape index (κ2) is 9.24. The van der Waals surface area contributed by atoms with Crippen LogP contribution in [0.25, 0.3) is 11.1 Å². The van der Waals surface area contributed by atoms with Crippen molar-refractivity contribution in [2.45, 2.75) is 6.42 Å². The third-order valence-corrected chi connectivity index (χ3v) is 6.31. The van der Waals surface area contributed by atoms with Crippen molar-refractivity contribution in [3.8, 4) is 22.6 Å². The van der Waals surface area contributed by atoms with Crippen LogP contribution in [0.5, 0.6) is 11.5 Å². The monoisotopic (exact) mass is 500 g/mol. The summed E-state index contributed by atoms with van der Waals surface area (Å²) in [6, 6.07) is 11.5. The van der Waals surface area contributed by atoms with Gasteiger partial charge in [-0.25, -0.2) is 9.37 Å². The molecule has 0 aliphatic carbocycles. The molecule has 1 aromatic heterocycles. The van der Waals surface area contributed by atoms with Crippen molar-refractivity contribution in [3.05, 3.63) is 75.8 Å². The maximum absolute atomic E-state index is 14.5. The Morgan fingerprint density at radius 1 is 1.18 bits per heavy atom. The molecule has 2 aliphatic rings. The van der Waals surface area contributed by atoms with E-state index in [-0.39, 0.29) is 30.3 Å². The van der Waals surface area contributed by atoms with Gasteiger partial charge in [-0.15, -0.1) is 0 Å². The Hall–Kier alpha value is -3.16. The zero-order valence-electron chi connectivity index (χ0n) is 17.9. The summed E-state index contributed by atoms with van der Waals surface area (Å²) in [5.74, 6) is -0.105. The molecule has 1 saturated heterocycles. The lowest BCUT2D eigenvalue weighted by molar-refractivity contribution is -0.121. The Bertz CT molecular complexity index is 1280. The number of benzene rings is 2. The molecule has 0 atom stereocenters. The van der Waals surface area contributed by atoms with Crippen molar-refractivity contribution < 1.29 is 23.5 Å². The second-order valence-electron chi connectivity index (χ2n) is 8.34. The maximum Gasteiger partial charge on any atom is 0.256 e. The molecule has 3 aromatic rings. The number of ketones is 1. The molecule has 34 heavy (non-hydrogen) atoms. The fourth-order valence-corrected chi connectivity index (χ4v) is 4.35. The Morgan fingerprint density at radius 2 is 2.00 bits per heavy atom. The predicted molar refractivity (Wildman–Crippen MR) is 125 cm³/mol. The minimum Gasteiger partial charge on any atom is -0.493 e. The normalized spacial score (nSPS) is 15.4. The molecule has 0 saturated carbocycles. The van der Waals surface area contributed by atoms with Gasteiger partial charge in [-0.1, -0.05) is 23.2 Å². The van der Waals surface area contributed by atoms with Crippen LogP contribution in [-0.4, -0.2) is 47.9 Å². The molecule has 9 heteroatoms. The van der Waals surface area contributed by atoms with Gasteiger partial charge >= 0.3 is 0 Å². The van der Waals surface area contributed by atoms with E-state index in [4.69, 9.17) is 32.7 Å². The van der Waals surface area contributed by atoms with Gasteiger partial charge in [-0.3, -0.25) is 9.59 Å². The van der Waals surface area contributed by atoms with Gasteiger partial charge in [0.1, 0.15) is 29.1 Å². The van der Waals surface area contributed by atoms with Crippen molar-refractivity contribution in [2.75, 3.05) is 26.3 Å². The first-order valence-electron chi connectivity index (χ1n) is 10.7. The average molecular weight is 501 g/mol. The van der Waals surface area contributed by atoms with Crippen LogP contribution in [-0.2, 0) is 11.2 Å². The van der Waals surface area contributed by atoms with Crippen LogP contribution in [0.3, 0.4) is 0 Å². The highest BCUT2D eigenvalue weighted by atomic mass is 35.5. The quantitative estimate of drug-likeness (QED) is 0.468. The second-order valence-corrected chi connectivity index (χ2v) is 9.16. The molecule has 0 spiro atoms. The summed E-state index contributed by atoms with van der Waals surface area (Å²) in [4.78, 5) is 30.1. The summed E-state index contributed by atoms with van der Waals surface area (Å²) in [7, 11) is 0. The Morgan fingerprint density at radius 3 is 2.76 bits per heavy atom. The summed E-state index contributed by atoms with van der Waals surface area (Å²) in [6.45, 7) is 1.19.